The molecule has 1 aromatic heterocycles. The lowest BCUT2D eigenvalue weighted by Crippen LogP contribution is -2.32. The highest BCUT2D eigenvalue weighted by atomic mass is 16.5. The fourth-order valence-electron chi connectivity index (χ4n) is 2.39. The largest absolute Gasteiger partial charge is 0.459 e. The zero-order valence-electron chi connectivity index (χ0n) is 13.1. The molecule has 1 aromatic rings. The molecule has 0 bridgehead atoms. The quantitative estimate of drug-likeness (QED) is 0.630. The molecule has 2 heterocycles. The van der Waals surface area contributed by atoms with Gasteiger partial charge in [-0.05, 0) is 25.8 Å². The lowest BCUT2D eigenvalue weighted by molar-refractivity contribution is -0.152. The lowest BCUT2D eigenvalue weighted by Gasteiger charge is -2.16. The van der Waals surface area contributed by atoms with Crippen molar-refractivity contribution in [1.29, 1.82) is 0 Å². The Hall–Kier alpha value is -2.64. The van der Waals surface area contributed by atoms with Gasteiger partial charge in [0.05, 0.1) is 12.2 Å². The van der Waals surface area contributed by atoms with Crippen LogP contribution in [0.5, 0.6) is 0 Å². The van der Waals surface area contributed by atoms with Gasteiger partial charge < -0.3 is 19.5 Å². The van der Waals surface area contributed by atoms with Crippen molar-refractivity contribution in [2.24, 2.45) is 7.05 Å². The smallest absolute Gasteiger partial charge is 0.397 e. The second kappa shape index (κ2) is 7.08. The normalized spacial score (nSPS) is 13.7. The molecule has 23 heavy (non-hydrogen) atoms. The molecule has 8 nitrogen and oxygen atoms in total. The van der Waals surface area contributed by atoms with Crippen LogP contribution in [0, 0.1) is 0 Å². The van der Waals surface area contributed by atoms with E-state index in [9.17, 15) is 19.2 Å². The molecule has 1 aliphatic rings. The Labute approximate surface area is 133 Å². The molecule has 2 rings (SSSR count). The Bertz CT molecular complexity index is 689. The van der Waals surface area contributed by atoms with Gasteiger partial charge in [-0.15, -0.1) is 0 Å². The number of amides is 2. The molecule has 1 saturated heterocycles. The van der Waals surface area contributed by atoms with Crippen molar-refractivity contribution >= 4 is 23.5 Å². The van der Waals surface area contributed by atoms with E-state index >= 15 is 0 Å². The number of hydrogen-bond acceptors (Lipinski definition) is 5. The topological polar surface area (TPSA) is 97.7 Å². The molecule has 8 heteroatoms. The van der Waals surface area contributed by atoms with Crippen LogP contribution in [0.25, 0.3) is 0 Å². The van der Waals surface area contributed by atoms with Gasteiger partial charge in [-0.2, -0.15) is 0 Å². The van der Waals surface area contributed by atoms with Crippen LogP contribution < -0.4 is 10.9 Å². The highest BCUT2D eigenvalue weighted by molar-refractivity contribution is 6.37. The SMILES string of the molecule is CCOC(=O)C(=O)Nc1cc(C(=O)N2CCCC2)cn(C)c1=O. The van der Waals surface area contributed by atoms with Gasteiger partial charge in [0.1, 0.15) is 5.69 Å². The van der Waals surface area contributed by atoms with Gasteiger partial charge in [-0.3, -0.25) is 14.4 Å². The number of pyridine rings is 1. The molecule has 0 spiro atoms. The minimum Gasteiger partial charge on any atom is -0.459 e. The second-order valence-corrected chi connectivity index (χ2v) is 5.23. The van der Waals surface area contributed by atoms with Crippen molar-refractivity contribution in [1.82, 2.24) is 9.47 Å². The summed E-state index contributed by atoms with van der Waals surface area (Å²) in [4.78, 5) is 49.2. The third-order valence-corrected chi connectivity index (χ3v) is 3.53. The predicted octanol–water partition coefficient (Wildman–Crippen LogP) is 0.123. The Morgan fingerprint density at radius 2 is 1.91 bits per heavy atom. The number of hydrogen-bond donors (Lipinski definition) is 1. The number of likely N-dealkylation sites (tertiary alicyclic amines) is 1. The summed E-state index contributed by atoms with van der Waals surface area (Å²) in [6.07, 6.45) is 3.32. The van der Waals surface area contributed by atoms with Crippen molar-refractivity contribution in [3.63, 3.8) is 0 Å². The molecule has 2 amide bonds. The van der Waals surface area contributed by atoms with Crippen LogP contribution in [0.15, 0.2) is 17.1 Å². The summed E-state index contributed by atoms with van der Waals surface area (Å²) in [6, 6.07) is 1.29. The second-order valence-electron chi connectivity index (χ2n) is 5.23. The van der Waals surface area contributed by atoms with E-state index in [0.717, 1.165) is 12.8 Å². The minimum atomic E-state index is -1.08. The van der Waals surface area contributed by atoms with Gasteiger partial charge in [0.2, 0.25) is 0 Å². The number of nitrogens with zero attached hydrogens (tertiary/aromatic N) is 2. The van der Waals surface area contributed by atoms with Crippen molar-refractivity contribution in [2.75, 3.05) is 25.0 Å². The number of esters is 1. The van der Waals surface area contributed by atoms with Crippen molar-refractivity contribution < 1.29 is 19.1 Å². The van der Waals surface area contributed by atoms with Gasteiger partial charge in [0.15, 0.2) is 0 Å². The molecule has 0 saturated carbocycles. The molecule has 0 radical (unpaired) electrons. The fraction of sp³-hybridized carbons (Fsp3) is 0.467. The third-order valence-electron chi connectivity index (χ3n) is 3.53. The maximum absolute atomic E-state index is 12.4. The van der Waals surface area contributed by atoms with Crippen molar-refractivity contribution in [3.8, 4) is 0 Å². The summed E-state index contributed by atoms with van der Waals surface area (Å²) in [7, 11) is 1.48. The van der Waals surface area contributed by atoms with Crippen LogP contribution in [-0.4, -0.2) is 46.9 Å². The number of aromatic nitrogens is 1. The first kappa shape index (κ1) is 16.7. The average molecular weight is 321 g/mol. The summed E-state index contributed by atoms with van der Waals surface area (Å²) >= 11 is 0. The molecule has 0 unspecified atom stereocenters. The monoisotopic (exact) mass is 321 g/mol. The first-order valence-electron chi connectivity index (χ1n) is 7.42. The highest BCUT2D eigenvalue weighted by Crippen LogP contribution is 2.14. The number of nitrogens with one attached hydrogen (secondary N) is 1. The molecule has 0 atom stereocenters. The summed E-state index contributed by atoms with van der Waals surface area (Å²) in [5.41, 5.74) is -0.357. The maximum Gasteiger partial charge on any atom is 0.397 e. The highest BCUT2D eigenvalue weighted by Gasteiger charge is 2.22. The first-order chi connectivity index (χ1) is 10.9. The zero-order valence-corrected chi connectivity index (χ0v) is 13.1. The van der Waals surface area contributed by atoms with Gasteiger partial charge >= 0.3 is 11.9 Å². The van der Waals surface area contributed by atoms with Crippen LogP contribution in [0.2, 0.25) is 0 Å². The molecule has 1 fully saturated rings. The number of aryl methyl sites for hydroxylation is 1. The van der Waals surface area contributed by atoms with Gasteiger partial charge in [-0.1, -0.05) is 0 Å². The number of rotatable bonds is 3. The Kier molecular flexibility index (Phi) is 5.15. The fourth-order valence-corrected chi connectivity index (χ4v) is 2.39. The van der Waals surface area contributed by atoms with E-state index in [1.807, 2.05) is 0 Å². The molecule has 0 aliphatic carbocycles. The number of carbonyl (C=O) groups excluding carboxylic acids is 3. The van der Waals surface area contributed by atoms with Crippen LogP contribution in [0.3, 0.4) is 0 Å². The van der Waals surface area contributed by atoms with Crippen LogP contribution in [-0.2, 0) is 21.4 Å². The van der Waals surface area contributed by atoms with E-state index in [2.05, 4.69) is 10.1 Å². The van der Waals surface area contributed by atoms with Crippen molar-refractivity contribution in [3.05, 3.63) is 28.2 Å². The number of anilines is 1. The van der Waals surface area contributed by atoms with Gasteiger partial charge in [0.25, 0.3) is 11.5 Å². The average Bonchev–Trinajstić information content (AvgIpc) is 3.05. The molecular formula is C15H19N3O5. The Morgan fingerprint density at radius 3 is 2.52 bits per heavy atom. The lowest BCUT2D eigenvalue weighted by atomic mass is 10.2. The molecule has 1 N–H and O–H groups in total. The summed E-state index contributed by atoms with van der Waals surface area (Å²) in [5, 5.41) is 2.20. The van der Waals surface area contributed by atoms with Crippen LogP contribution in [0.4, 0.5) is 5.69 Å². The maximum atomic E-state index is 12.4. The first-order valence-corrected chi connectivity index (χ1v) is 7.42. The van der Waals surface area contributed by atoms with Crippen molar-refractivity contribution in [2.45, 2.75) is 19.8 Å². The van der Waals surface area contributed by atoms with Gasteiger partial charge in [-0.25, -0.2) is 4.79 Å². The standard InChI is InChI=1S/C15H19N3O5/c1-3-23-15(22)12(19)16-11-8-10(9-17(2)14(11)21)13(20)18-6-4-5-7-18/h8-9H,3-7H2,1-2H3,(H,16,19). The number of carbonyl (C=O) groups is 3. The van der Waals surface area contributed by atoms with E-state index in [0.29, 0.717) is 13.1 Å². The molecular weight excluding hydrogens is 302 g/mol. The molecule has 124 valence electrons. The van der Waals surface area contributed by atoms with E-state index in [1.54, 1.807) is 11.8 Å². The van der Waals surface area contributed by atoms with Crippen LogP contribution >= 0.6 is 0 Å². The molecule has 0 aromatic carbocycles. The number of ether oxygens (including phenoxy) is 1. The third kappa shape index (κ3) is 3.77. The molecule has 1 aliphatic heterocycles. The Morgan fingerprint density at radius 1 is 1.26 bits per heavy atom. The van der Waals surface area contributed by atoms with E-state index in [-0.39, 0.29) is 23.8 Å². The summed E-state index contributed by atoms with van der Waals surface area (Å²) in [6.45, 7) is 2.97. The summed E-state index contributed by atoms with van der Waals surface area (Å²) < 4.78 is 5.77. The van der Waals surface area contributed by atoms with E-state index in [4.69, 9.17) is 0 Å². The Balaban J connectivity index is 2.25. The summed E-state index contributed by atoms with van der Waals surface area (Å²) in [5.74, 6) is -2.33. The van der Waals surface area contributed by atoms with E-state index in [1.165, 1.54) is 23.9 Å². The van der Waals surface area contributed by atoms with E-state index < -0.39 is 17.4 Å². The zero-order chi connectivity index (χ0) is 17.0. The minimum absolute atomic E-state index is 0.0533. The van der Waals surface area contributed by atoms with Crippen LogP contribution in [0.1, 0.15) is 30.1 Å². The predicted molar refractivity (Wildman–Crippen MR) is 82.1 cm³/mol. The van der Waals surface area contributed by atoms with Gasteiger partial charge in [0, 0.05) is 26.3 Å².